The van der Waals surface area contributed by atoms with E-state index in [-0.39, 0.29) is 22.2 Å². The molecule has 3 amide bonds. The first kappa shape index (κ1) is 29.6. The third-order valence-electron chi connectivity index (χ3n) is 6.41. The summed E-state index contributed by atoms with van der Waals surface area (Å²) in [6, 6.07) is 27.0. The highest BCUT2D eigenvalue weighted by Gasteiger charge is 2.19. The third kappa shape index (κ3) is 7.51. The molecule has 0 aliphatic heterocycles. The minimum atomic E-state index is -0.684. The molecule has 5 aromatic rings. The second kappa shape index (κ2) is 13.4. The molecular weight excluding hydrogens is 587 g/mol. The number of fused-ring (bicyclic) bond motifs is 1. The minimum absolute atomic E-state index is 0.0396. The number of H-pyrrole nitrogens is 1. The maximum absolute atomic E-state index is 14.6. The highest BCUT2D eigenvalue weighted by Crippen LogP contribution is 2.28. The molecule has 5 rings (SSSR count). The first-order chi connectivity index (χ1) is 20.8. The van der Waals surface area contributed by atoms with Crippen LogP contribution < -0.4 is 16.0 Å². The number of hydrogen-bond acceptors (Lipinski definition) is 4. The van der Waals surface area contributed by atoms with Crippen molar-refractivity contribution < 1.29 is 18.8 Å². The molecule has 10 heteroatoms. The molecule has 1 heterocycles. The molecule has 0 bridgehead atoms. The molecule has 0 aliphatic carbocycles. The van der Waals surface area contributed by atoms with Crippen molar-refractivity contribution in [3.63, 3.8) is 0 Å². The van der Waals surface area contributed by atoms with Crippen LogP contribution in [0.25, 0.3) is 17.0 Å². The van der Waals surface area contributed by atoms with Gasteiger partial charge in [-0.05, 0) is 79.0 Å². The van der Waals surface area contributed by atoms with Gasteiger partial charge < -0.3 is 20.9 Å². The number of rotatable bonds is 9. The van der Waals surface area contributed by atoms with E-state index in [1.807, 2.05) is 36.5 Å². The normalized spacial score (nSPS) is 12.0. The minimum Gasteiger partial charge on any atom is -0.361 e. The monoisotopic (exact) mass is 612 g/mol. The van der Waals surface area contributed by atoms with Crippen LogP contribution in [-0.4, -0.2) is 28.0 Å². The Hall–Kier alpha value is -4.86. The van der Waals surface area contributed by atoms with Gasteiger partial charge in [0.1, 0.15) is 11.5 Å². The van der Waals surface area contributed by atoms with Gasteiger partial charge in [0.25, 0.3) is 11.8 Å². The number of hydrogen-bond donors (Lipinski definition) is 4. The van der Waals surface area contributed by atoms with Gasteiger partial charge in [-0.2, -0.15) is 0 Å². The number of carbonyl (C=O) groups excluding carboxylic acids is 3. The molecule has 1 aromatic heterocycles. The van der Waals surface area contributed by atoms with E-state index in [4.69, 9.17) is 11.6 Å². The van der Waals surface area contributed by atoms with Crippen LogP contribution in [0.1, 0.15) is 22.8 Å². The molecular formula is C33H26ClFN4O3S. The number of aromatic nitrogens is 1. The summed E-state index contributed by atoms with van der Waals surface area (Å²) in [5, 5.41) is 8.94. The zero-order valence-corrected chi connectivity index (χ0v) is 24.4. The molecule has 43 heavy (non-hydrogen) atoms. The molecule has 1 unspecified atom stereocenters. The van der Waals surface area contributed by atoms with E-state index in [0.29, 0.717) is 16.9 Å². The first-order valence-corrected chi connectivity index (χ1v) is 14.5. The number of nitrogens with one attached hydrogen (secondary N) is 4. The van der Waals surface area contributed by atoms with Crippen molar-refractivity contribution in [2.45, 2.75) is 17.1 Å². The fourth-order valence-electron chi connectivity index (χ4n) is 4.21. The van der Waals surface area contributed by atoms with Crippen molar-refractivity contribution in [3.8, 4) is 0 Å². The van der Waals surface area contributed by atoms with E-state index < -0.39 is 22.9 Å². The predicted octanol–water partition coefficient (Wildman–Crippen LogP) is 7.49. The van der Waals surface area contributed by atoms with Crippen LogP contribution in [0.15, 0.2) is 114 Å². The molecule has 0 radical (unpaired) electrons. The summed E-state index contributed by atoms with van der Waals surface area (Å²) in [7, 11) is 0. The van der Waals surface area contributed by atoms with Gasteiger partial charge in [0, 0.05) is 39.1 Å². The number of thioether (sulfide) groups is 1. The lowest BCUT2D eigenvalue weighted by molar-refractivity contribution is -0.115. The number of aromatic amines is 1. The van der Waals surface area contributed by atoms with Crippen LogP contribution >= 0.6 is 23.4 Å². The second-order valence-electron chi connectivity index (χ2n) is 9.52. The van der Waals surface area contributed by atoms with Crippen LogP contribution in [0.3, 0.4) is 0 Å². The van der Waals surface area contributed by atoms with Gasteiger partial charge in [0.05, 0.1) is 10.3 Å². The van der Waals surface area contributed by atoms with Crippen LogP contribution in [0.5, 0.6) is 0 Å². The largest absolute Gasteiger partial charge is 0.361 e. The Morgan fingerprint density at radius 1 is 0.884 bits per heavy atom. The smallest absolute Gasteiger partial charge is 0.272 e. The van der Waals surface area contributed by atoms with E-state index in [1.165, 1.54) is 36.0 Å². The average molecular weight is 613 g/mol. The Balaban J connectivity index is 1.30. The highest BCUT2D eigenvalue weighted by molar-refractivity contribution is 8.00. The SMILES string of the molecule is CC(Sc1cccc(NC(=O)/C(=C\c2c(F)cccc2Cl)NC(=O)c2ccccc2)c1)C(=O)Nc1ccc2cc[nH]c2c1. The quantitative estimate of drug-likeness (QED) is 0.102. The zero-order valence-electron chi connectivity index (χ0n) is 22.9. The van der Waals surface area contributed by atoms with Crippen molar-refractivity contribution in [3.05, 3.63) is 131 Å². The topological polar surface area (TPSA) is 103 Å². The maximum atomic E-state index is 14.6. The van der Waals surface area contributed by atoms with Crippen LogP contribution in [0.4, 0.5) is 15.8 Å². The summed E-state index contributed by atoms with van der Waals surface area (Å²) in [6.45, 7) is 1.79. The summed E-state index contributed by atoms with van der Waals surface area (Å²) < 4.78 is 14.6. The van der Waals surface area contributed by atoms with Gasteiger partial charge in [0.15, 0.2) is 0 Å². The van der Waals surface area contributed by atoms with Gasteiger partial charge in [-0.15, -0.1) is 11.8 Å². The van der Waals surface area contributed by atoms with Crippen molar-refractivity contribution in [1.29, 1.82) is 0 Å². The van der Waals surface area contributed by atoms with Crippen LogP contribution in [0, 0.1) is 5.82 Å². The lowest BCUT2D eigenvalue weighted by Crippen LogP contribution is -2.30. The van der Waals surface area contributed by atoms with E-state index in [9.17, 15) is 18.8 Å². The van der Waals surface area contributed by atoms with Crippen molar-refractivity contribution >= 4 is 69.4 Å². The van der Waals surface area contributed by atoms with E-state index in [1.54, 1.807) is 55.5 Å². The molecule has 7 nitrogen and oxygen atoms in total. The van der Waals surface area contributed by atoms with Crippen LogP contribution in [0.2, 0.25) is 5.02 Å². The molecule has 0 spiro atoms. The summed E-state index contributed by atoms with van der Waals surface area (Å²) >= 11 is 7.51. The summed E-state index contributed by atoms with van der Waals surface area (Å²) in [5.74, 6) is -2.06. The van der Waals surface area contributed by atoms with Gasteiger partial charge in [-0.3, -0.25) is 14.4 Å². The molecule has 4 N–H and O–H groups in total. The van der Waals surface area contributed by atoms with Gasteiger partial charge in [-0.25, -0.2) is 4.39 Å². The lowest BCUT2D eigenvalue weighted by Gasteiger charge is -2.14. The Morgan fingerprint density at radius 2 is 1.65 bits per heavy atom. The third-order valence-corrected chi connectivity index (χ3v) is 7.84. The van der Waals surface area contributed by atoms with Crippen molar-refractivity contribution in [1.82, 2.24) is 10.3 Å². The summed E-state index contributed by atoms with van der Waals surface area (Å²) in [5.41, 5.74) is 2.10. The zero-order chi connectivity index (χ0) is 30.3. The van der Waals surface area contributed by atoms with Crippen molar-refractivity contribution in [2.75, 3.05) is 10.6 Å². The van der Waals surface area contributed by atoms with Crippen LogP contribution in [-0.2, 0) is 9.59 Å². The van der Waals surface area contributed by atoms with E-state index in [2.05, 4.69) is 20.9 Å². The molecule has 0 saturated heterocycles. The summed E-state index contributed by atoms with van der Waals surface area (Å²) in [4.78, 5) is 43.0. The standard InChI is InChI=1S/C33H26ClFN4O3S/c1-20(31(40)37-24-14-13-21-15-16-36-29(21)18-24)43-25-10-5-9-23(17-25)38-33(42)30(19-26-27(34)11-6-12-28(26)35)39-32(41)22-7-3-2-4-8-22/h2-20,36H,1H3,(H,37,40)(H,38,42)(H,39,41)/b30-19+. The summed E-state index contributed by atoms with van der Waals surface area (Å²) in [6.07, 6.45) is 3.04. The Morgan fingerprint density at radius 3 is 2.44 bits per heavy atom. The van der Waals surface area contributed by atoms with Gasteiger partial charge in [0.2, 0.25) is 5.91 Å². The fraction of sp³-hybridized carbons (Fsp3) is 0.0606. The first-order valence-electron chi connectivity index (χ1n) is 13.2. The Bertz CT molecular complexity index is 1820. The van der Waals surface area contributed by atoms with Gasteiger partial charge >= 0.3 is 0 Å². The molecule has 1 atom stereocenters. The number of carbonyl (C=O) groups is 3. The molecule has 4 aromatic carbocycles. The second-order valence-corrected chi connectivity index (χ2v) is 11.3. The van der Waals surface area contributed by atoms with Gasteiger partial charge in [-0.1, -0.05) is 48.0 Å². The number of benzene rings is 4. The average Bonchev–Trinajstić information content (AvgIpc) is 3.47. The lowest BCUT2D eigenvalue weighted by atomic mass is 10.1. The van der Waals surface area contributed by atoms with E-state index >= 15 is 0 Å². The number of halogens is 2. The highest BCUT2D eigenvalue weighted by atomic mass is 35.5. The number of amides is 3. The van der Waals surface area contributed by atoms with E-state index in [0.717, 1.165) is 15.8 Å². The molecule has 0 saturated carbocycles. The predicted molar refractivity (Wildman–Crippen MR) is 171 cm³/mol. The Kier molecular flexibility index (Phi) is 9.24. The molecule has 0 aliphatic rings. The Labute approximate surface area is 256 Å². The number of anilines is 2. The molecule has 0 fully saturated rings. The molecule has 216 valence electrons. The maximum Gasteiger partial charge on any atom is 0.272 e. The fourth-order valence-corrected chi connectivity index (χ4v) is 5.35. The van der Waals surface area contributed by atoms with Crippen molar-refractivity contribution in [2.24, 2.45) is 0 Å².